The highest BCUT2D eigenvalue weighted by Crippen LogP contribution is 2.27. The average Bonchev–Trinajstić information content (AvgIpc) is 3.00. The number of hydrogen-bond donors (Lipinski definition) is 1. The molecule has 1 aromatic carbocycles. The van der Waals surface area contributed by atoms with Crippen LogP contribution in [0.3, 0.4) is 0 Å². The molecule has 1 fully saturated rings. The first kappa shape index (κ1) is 16.2. The summed E-state index contributed by atoms with van der Waals surface area (Å²) in [4.78, 5) is 25.3. The van der Waals surface area contributed by atoms with Gasteiger partial charge in [0.15, 0.2) is 0 Å². The monoisotopic (exact) mass is 329 g/mol. The smallest absolute Gasteiger partial charge is 0.335 e. The molecule has 1 aliphatic heterocycles. The quantitative estimate of drug-likeness (QED) is 0.922. The molecule has 2 aromatic rings. The lowest BCUT2D eigenvalue weighted by Gasteiger charge is -2.33. The summed E-state index contributed by atoms with van der Waals surface area (Å²) >= 11 is 0. The summed E-state index contributed by atoms with van der Waals surface area (Å²) in [6.07, 6.45) is 2.11. The molecule has 7 nitrogen and oxygen atoms in total. The fourth-order valence-corrected chi connectivity index (χ4v) is 3.04. The second-order valence-corrected chi connectivity index (χ2v) is 6.08. The molecule has 7 heteroatoms. The third-order valence-corrected chi connectivity index (χ3v) is 4.47. The van der Waals surface area contributed by atoms with Gasteiger partial charge in [0.25, 0.3) is 0 Å². The standard InChI is InChI=1S/C17H19N3O4/c1-11-15(19-24-18-11)9-16(21)20-8-2-3-14(10-20)12-4-6-13(7-5-12)17(22)23/h4-7,14H,2-3,8-10H2,1H3,(H,22,23). The van der Waals surface area contributed by atoms with Crippen molar-refractivity contribution in [1.29, 1.82) is 0 Å². The van der Waals surface area contributed by atoms with Gasteiger partial charge in [-0.2, -0.15) is 0 Å². The van der Waals surface area contributed by atoms with Crippen LogP contribution < -0.4 is 0 Å². The second-order valence-electron chi connectivity index (χ2n) is 6.08. The second kappa shape index (κ2) is 6.82. The summed E-state index contributed by atoms with van der Waals surface area (Å²) in [5.41, 5.74) is 2.56. The summed E-state index contributed by atoms with van der Waals surface area (Å²) in [6, 6.07) is 6.91. The van der Waals surface area contributed by atoms with Crippen molar-refractivity contribution in [3.05, 3.63) is 46.8 Å². The molecule has 0 aliphatic carbocycles. The number of aromatic nitrogens is 2. The van der Waals surface area contributed by atoms with Crippen molar-refractivity contribution in [3.63, 3.8) is 0 Å². The number of carbonyl (C=O) groups excluding carboxylic acids is 1. The van der Waals surface area contributed by atoms with Crippen LogP contribution in [0, 0.1) is 6.92 Å². The number of carboxylic acids is 1. The SMILES string of the molecule is Cc1nonc1CC(=O)N1CCCC(c2ccc(C(=O)O)cc2)C1. The van der Waals surface area contributed by atoms with Crippen molar-refractivity contribution in [2.24, 2.45) is 0 Å². The normalized spacial score (nSPS) is 17.7. The Hall–Kier alpha value is -2.70. The molecule has 1 aliphatic rings. The summed E-state index contributed by atoms with van der Waals surface area (Å²) in [5, 5.41) is 16.4. The number of amides is 1. The minimum Gasteiger partial charge on any atom is -0.478 e. The summed E-state index contributed by atoms with van der Waals surface area (Å²) < 4.78 is 4.64. The number of aromatic carboxylic acids is 1. The molecule has 24 heavy (non-hydrogen) atoms. The van der Waals surface area contributed by atoms with Crippen LogP contribution >= 0.6 is 0 Å². The van der Waals surface area contributed by atoms with Crippen LogP contribution in [0.4, 0.5) is 0 Å². The minimum atomic E-state index is -0.932. The lowest BCUT2D eigenvalue weighted by molar-refractivity contribution is -0.131. The van der Waals surface area contributed by atoms with Gasteiger partial charge in [0.1, 0.15) is 11.4 Å². The van der Waals surface area contributed by atoms with E-state index in [0.717, 1.165) is 24.9 Å². The minimum absolute atomic E-state index is 0.0145. The van der Waals surface area contributed by atoms with Crippen LogP contribution in [0.5, 0.6) is 0 Å². The van der Waals surface area contributed by atoms with Crippen molar-refractivity contribution in [3.8, 4) is 0 Å². The number of hydrogen-bond acceptors (Lipinski definition) is 5. The molecule has 0 spiro atoms. The Morgan fingerprint density at radius 1 is 1.29 bits per heavy atom. The predicted octanol–water partition coefficient (Wildman–Crippen LogP) is 2.02. The fourth-order valence-electron chi connectivity index (χ4n) is 3.04. The highest BCUT2D eigenvalue weighted by atomic mass is 16.6. The highest BCUT2D eigenvalue weighted by molar-refractivity contribution is 5.87. The number of benzene rings is 1. The van der Waals surface area contributed by atoms with Crippen molar-refractivity contribution >= 4 is 11.9 Å². The van der Waals surface area contributed by atoms with Gasteiger partial charge < -0.3 is 10.0 Å². The summed E-state index contributed by atoms with van der Waals surface area (Å²) in [5.74, 6) is -0.693. The molecular formula is C17H19N3O4. The van der Waals surface area contributed by atoms with Crippen molar-refractivity contribution in [2.75, 3.05) is 13.1 Å². The Morgan fingerprint density at radius 2 is 2.04 bits per heavy atom. The molecular weight excluding hydrogens is 310 g/mol. The zero-order valence-corrected chi connectivity index (χ0v) is 13.4. The molecule has 1 unspecified atom stereocenters. The predicted molar refractivity (Wildman–Crippen MR) is 84.7 cm³/mol. The van der Waals surface area contributed by atoms with E-state index in [-0.39, 0.29) is 23.8 Å². The van der Waals surface area contributed by atoms with Gasteiger partial charge in [-0.3, -0.25) is 4.79 Å². The molecule has 126 valence electrons. The van der Waals surface area contributed by atoms with E-state index >= 15 is 0 Å². The van der Waals surface area contributed by atoms with E-state index in [1.807, 2.05) is 17.0 Å². The van der Waals surface area contributed by atoms with Crippen LogP contribution in [-0.4, -0.2) is 45.3 Å². The van der Waals surface area contributed by atoms with Gasteiger partial charge in [-0.15, -0.1) is 0 Å². The molecule has 3 rings (SSSR count). The molecule has 1 saturated heterocycles. The Bertz CT molecular complexity index is 739. The average molecular weight is 329 g/mol. The Morgan fingerprint density at radius 3 is 2.67 bits per heavy atom. The van der Waals surface area contributed by atoms with Gasteiger partial charge in [-0.05, 0) is 37.5 Å². The summed E-state index contributed by atoms with van der Waals surface area (Å²) in [7, 11) is 0. The maximum absolute atomic E-state index is 12.5. The topological polar surface area (TPSA) is 96.5 Å². The lowest BCUT2D eigenvalue weighted by atomic mass is 9.90. The van der Waals surface area contributed by atoms with Gasteiger partial charge in [0.05, 0.1) is 12.0 Å². The number of nitrogens with zero attached hydrogens (tertiary/aromatic N) is 3. The van der Waals surface area contributed by atoms with E-state index in [1.54, 1.807) is 19.1 Å². The number of carboxylic acid groups (broad SMARTS) is 1. The van der Waals surface area contributed by atoms with Crippen LogP contribution in [0.15, 0.2) is 28.9 Å². The third-order valence-electron chi connectivity index (χ3n) is 4.47. The molecule has 1 atom stereocenters. The molecule has 0 radical (unpaired) electrons. The lowest BCUT2D eigenvalue weighted by Crippen LogP contribution is -2.40. The number of carbonyl (C=O) groups is 2. The first-order valence-corrected chi connectivity index (χ1v) is 7.93. The Kier molecular flexibility index (Phi) is 4.59. The molecule has 1 N–H and O–H groups in total. The third kappa shape index (κ3) is 3.45. The molecule has 1 aromatic heterocycles. The van der Waals surface area contributed by atoms with Gasteiger partial charge >= 0.3 is 5.97 Å². The van der Waals surface area contributed by atoms with Crippen LogP contribution in [-0.2, 0) is 11.2 Å². The highest BCUT2D eigenvalue weighted by Gasteiger charge is 2.26. The van der Waals surface area contributed by atoms with Crippen LogP contribution in [0.2, 0.25) is 0 Å². The first-order chi connectivity index (χ1) is 11.5. The van der Waals surface area contributed by atoms with E-state index in [1.165, 1.54) is 0 Å². The zero-order valence-electron chi connectivity index (χ0n) is 13.4. The van der Waals surface area contributed by atoms with Crippen LogP contribution in [0.1, 0.15) is 46.1 Å². The zero-order chi connectivity index (χ0) is 17.1. The van der Waals surface area contributed by atoms with Crippen molar-refractivity contribution in [2.45, 2.75) is 32.1 Å². The molecule has 0 saturated carbocycles. The van der Waals surface area contributed by atoms with E-state index in [9.17, 15) is 9.59 Å². The van der Waals surface area contributed by atoms with Crippen molar-refractivity contribution < 1.29 is 19.3 Å². The van der Waals surface area contributed by atoms with E-state index in [4.69, 9.17) is 5.11 Å². The van der Waals surface area contributed by atoms with Gasteiger partial charge in [0, 0.05) is 19.0 Å². The van der Waals surface area contributed by atoms with E-state index in [2.05, 4.69) is 14.9 Å². The molecule has 1 amide bonds. The number of aryl methyl sites for hydroxylation is 1. The first-order valence-electron chi connectivity index (χ1n) is 7.93. The fraction of sp³-hybridized carbons (Fsp3) is 0.412. The van der Waals surface area contributed by atoms with E-state index in [0.29, 0.717) is 17.9 Å². The maximum atomic E-state index is 12.5. The number of piperidine rings is 1. The molecule has 0 bridgehead atoms. The van der Waals surface area contributed by atoms with Gasteiger partial charge in [-0.1, -0.05) is 22.4 Å². The summed E-state index contributed by atoms with van der Waals surface area (Å²) in [6.45, 7) is 3.13. The molecule has 2 heterocycles. The number of rotatable bonds is 4. The maximum Gasteiger partial charge on any atom is 0.335 e. The largest absolute Gasteiger partial charge is 0.478 e. The van der Waals surface area contributed by atoms with Crippen molar-refractivity contribution in [1.82, 2.24) is 15.2 Å². The Balaban J connectivity index is 1.66. The Labute approximate surface area is 139 Å². The van der Waals surface area contributed by atoms with Crippen LogP contribution in [0.25, 0.3) is 0 Å². The van der Waals surface area contributed by atoms with Gasteiger partial charge in [0.2, 0.25) is 5.91 Å². The van der Waals surface area contributed by atoms with E-state index < -0.39 is 5.97 Å². The van der Waals surface area contributed by atoms with Gasteiger partial charge in [-0.25, -0.2) is 9.42 Å². The number of likely N-dealkylation sites (tertiary alicyclic amines) is 1.